The van der Waals surface area contributed by atoms with Crippen molar-refractivity contribution in [3.8, 4) is 0 Å². The summed E-state index contributed by atoms with van der Waals surface area (Å²) in [5, 5.41) is 3.27. The first-order valence-electron chi connectivity index (χ1n) is 9.13. The van der Waals surface area contributed by atoms with Crippen LogP contribution in [0.15, 0.2) is 24.0 Å². The van der Waals surface area contributed by atoms with Crippen molar-refractivity contribution in [3.05, 3.63) is 35.2 Å². The average molecular weight is 366 g/mol. The topological polar surface area (TPSA) is 58.0 Å². The van der Waals surface area contributed by atoms with E-state index in [1.165, 1.54) is 23.1 Å². The quantitative estimate of drug-likeness (QED) is 0.695. The minimum absolute atomic E-state index is 0.120. The molecule has 1 saturated heterocycles. The molecule has 0 bridgehead atoms. The van der Waals surface area contributed by atoms with Gasteiger partial charge in [-0.3, -0.25) is 0 Å². The van der Waals surface area contributed by atoms with Crippen molar-refractivity contribution in [2.75, 3.05) is 37.0 Å². The van der Waals surface area contributed by atoms with Gasteiger partial charge in [-0.25, -0.2) is 19.9 Å². The molecule has 2 aliphatic rings. The van der Waals surface area contributed by atoms with E-state index in [1.807, 2.05) is 25.2 Å². The fraction of sp³-hybridized carbons (Fsp3) is 0.474. The Morgan fingerprint density at radius 2 is 2.12 bits per heavy atom. The first-order chi connectivity index (χ1) is 12.7. The molecule has 1 aliphatic heterocycles. The molecule has 4 heterocycles. The maximum Gasteiger partial charge on any atom is 0.225 e. The molecule has 3 aromatic rings. The Labute approximate surface area is 156 Å². The van der Waals surface area contributed by atoms with Gasteiger partial charge in [0.05, 0.1) is 11.1 Å². The summed E-state index contributed by atoms with van der Waals surface area (Å²) in [6.07, 6.45) is 8.32. The highest BCUT2D eigenvalue weighted by Crippen LogP contribution is 2.45. The zero-order chi connectivity index (χ0) is 17.7. The van der Waals surface area contributed by atoms with Crippen molar-refractivity contribution in [3.63, 3.8) is 0 Å². The SMILES string of the molecule is CN(C)c1ncc2c(n1)C1(CCCN(c3ncnc4sccc34)C1)CC2. The number of nitrogens with zero attached hydrogens (tertiary/aromatic N) is 6. The van der Waals surface area contributed by atoms with E-state index in [0.717, 1.165) is 48.9 Å². The van der Waals surface area contributed by atoms with E-state index in [4.69, 9.17) is 4.98 Å². The van der Waals surface area contributed by atoms with Crippen molar-refractivity contribution in [2.45, 2.75) is 31.1 Å². The van der Waals surface area contributed by atoms with Crippen molar-refractivity contribution in [2.24, 2.45) is 0 Å². The van der Waals surface area contributed by atoms with Crippen LogP contribution in [0.1, 0.15) is 30.5 Å². The fourth-order valence-electron chi connectivity index (χ4n) is 4.49. The van der Waals surface area contributed by atoms with Crippen LogP contribution < -0.4 is 9.80 Å². The van der Waals surface area contributed by atoms with Gasteiger partial charge in [0.2, 0.25) is 5.95 Å². The summed E-state index contributed by atoms with van der Waals surface area (Å²) >= 11 is 1.68. The minimum Gasteiger partial charge on any atom is -0.355 e. The highest BCUT2D eigenvalue weighted by Gasteiger charge is 2.44. The third kappa shape index (κ3) is 2.37. The van der Waals surface area contributed by atoms with Crippen molar-refractivity contribution in [1.82, 2.24) is 19.9 Å². The average Bonchev–Trinajstić information content (AvgIpc) is 3.27. The summed E-state index contributed by atoms with van der Waals surface area (Å²) in [7, 11) is 4.01. The van der Waals surface area contributed by atoms with E-state index < -0.39 is 0 Å². The fourth-order valence-corrected chi connectivity index (χ4v) is 5.21. The molecule has 1 aliphatic carbocycles. The Bertz CT molecular complexity index is 964. The molecule has 1 spiro atoms. The molecule has 0 N–H and O–H groups in total. The Morgan fingerprint density at radius 1 is 1.19 bits per heavy atom. The lowest BCUT2D eigenvalue weighted by Crippen LogP contribution is -2.46. The number of piperidine rings is 1. The third-order valence-corrected chi connectivity index (χ3v) is 6.56. The van der Waals surface area contributed by atoms with Gasteiger partial charge in [0.25, 0.3) is 0 Å². The van der Waals surface area contributed by atoms with Crippen LogP contribution in [0.2, 0.25) is 0 Å². The molecular formula is C19H22N6S. The highest BCUT2D eigenvalue weighted by atomic mass is 32.1. The predicted octanol–water partition coefficient (Wildman–Crippen LogP) is 3.03. The van der Waals surface area contributed by atoms with Crippen LogP contribution >= 0.6 is 11.3 Å². The van der Waals surface area contributed by atoms with E-state index in [2.05, 4.69) is 31.3 Å². The first-order valence-corrected chi connectivity index (χ1v) is 10.0. The maximum atomic E-state index is 4.97. The van der Waals surface area contributed by atoms with E-state index in [-0.39, 0.29) is 5.41 Å². The van der Waals surface area contributed by atoms with Gasteiger partial charge in [-0.15, -0.1) is 11.3 Å². The van der Waals surface area contributed by atoms with Crippen LogP contribution in [0, 0.1) is 0 Å². The van der Waals surface area contributed by atoms with Crippen LogP contribution in [0.4, 0.5) is 11.8 Å². The number of thiophene rings is 1. The summed E-state index contributed by atoms with van der Waals surface area (Å²) in [4.78, 5) is 24.0. The van der Waals surface area contributed by atoms with E-state index in [0.29, 0.717) is 0 Å². The Hall–Kier alpha value is -2.28. The molecule has 0 saturated carbocycles. The lowest BCUT2D eigenvalue weighted by Gasteiger charge is -2.41. The van der Waals surface area contributed by atoms with Gasteiger partial charge in [0.15, 0.2) is 0 Å². The second-order valence-electron chi connectivity index (χ2n) is 7.58. The summed E-state index contributed by atoms with van der Waals surface area (Å²) in [5.41, 5.74) is 2.70. The van der Waals surface area contributed by atoms with Crippen molar-refractivity contribution in [1.29, 1.82) is 0 Å². The summed E-state index contributed by atoms with van der Waals surface area (Å²) < 4.78 is 0. The van der Waals surface area contributed by atoms with E-state index in [9.17, 15) is 0 Å². The molecule has 1 fully saturated rings. The number of hydrogen-bond donors (Lipinski definition) is 0. The molecule has 0 amide bonds. The molecular weight excluding hydrogens is 344 g/mol. The second-order valence-corrected chi connectivity index (χ2v) is 8.47. The molecule has 3 aromatic heterocycles. The maximum absolute atomic E-state index is 4.97. The summed E-state index contributed by atoms with van der Waals surface area (Å²) in [6.45, 7) is 2.02. The standard InChI is InChI=1S/C19H22N6S/c1-24(2)18-20-10-13-4-7-19(15(13)23-18)6-3-8-25(11-19)16-14-5-9-26-17(14)22-12-21-16/h5,9-10,12H,3-4,6-8,11H2,1-2H3. The molecule has 0 aromatic carbocycles. The lowest BCUT2D eigenvalue weighted by atomic mass is 9.77. The van der Waals surface area contributed by atoms with Crippen LogP contribution in [0.25, 0.3) is 10.2 Å². The number of aromatic nitrogens is 4. The largest absolute Gasteiger partial charge is 0.355 e. The van der Waals surface area contributed by atoms with Crippen LogP contribution in [0.3, 0.4) is 0 Å². The third-order valence-electron chi connectivity index (χ3n) is 5.74. The Kier molecular flexibility index (Phi) is 3.60. The molecule has 6 nitrogen and oxygen atoms in total. The normalized spacial score (nSPS) is 22.2. The van der Waals surface area contributed by atoms with Gasteiger partial charge in [0, 0.05) is 38.8 Å². The number of fused-ring (bicyclic) bond motifs is 3. The molecule has 0 radical (unpaired) electrons. The zero-order valence-electron chi connectivity index (χ0n) is 15.1. The summed E-state index contributed by atoms with van der Waals surface area (Å²) in [6, 6.07) is 2.14. The number of rotatable bonds is 2. The van der Waals surface area contributed by atoms with Crippen LogP contribution in [-0.4, -0.2) is 47.1 Å². The van der Waals surface area contributed by atoms with Crippen LogP contribution in [0.5, 0.6) is 0 Å². The van der Waals surface area contributed by atoms with E-state index >= 15 is 0 Å². The second kappa shape index (κ2) is 5.87. The Morgan fingerprint density at radius 3 is 3.00 bits per heavy atom. The van der Waals surface area contributed by atoms with Gasteiger partial charge in [-0.2, -0.15) is 0 Å². The number of anilines is 2. The minimum atomic E-state index is 0.120. The van der Waals surface area contributed by atoms with Gasteiger partial charge < -0.3 is 9.80 Å². The predicted molar refractivity (Wildman–Crippen MR) is 105 cm³/mol. The lowest BCUT2D eigenvalue weighted by molar-refractivity contribution is 0.333. The smallest absolute Gasteiger partial charge is 0.225 e. The molecule has 7 heteroatoms. The monoisotopic (exact) mass is 366 g/mol. The van der Waals surface area contributed by atoms with Gasteiger partial charge in [-0.1, -0.05) is 0 Å². The molecule has 1 atom stereocenters. The Balaban J connectivity index is 1.55. The highest BCUT2D eigenvalue weighted by molar-refractivity contribution is 7.16. The molecule has 26 heavy (non-hydrogen) atoms. The number of hydrogen-bond acceptors (Lipinski definition) is 7. The van der Waals surface area contributed by atoms with Gasteiger partial charge >= 0.3 is 0 Å². The van der Waals surface area contributed by atoms with E-state index in [1.54, 1.807) is 17.7 Å². The van der Waals surface area contributed by atoms with Gasteiger partial charge in [-0.05, 0) is 42.7 Å². The molecule has 134 valence electrons. The molecule has 1 unspecified atom stereocenters. The molecule has 5 rings (SSSR count). The van der Waals surface area contributed by atoms with Crippen LogP contribution in [-0.2, 0) is 11.8 Å². The van der Waals surface area contributed by atoms with Gasteiger partial charge in [0.1, 0.15) is 17.0 Å². The summed E-state index contributed by atoms with van der Waals surface area (Å²) in [5.74, 6) is 1.88. The number of aryl methyl sites for hydroxylation is 1. The van der Waals surface area contributed by atoms with Crippen molar-refractivity contribution < 1.29 is 0 Å². The van der Waals surface area contributed by atoms with Crippen molar-refractivity contribution >= 4 is 33.3 Å². The first kappa shape index (κ1) is 15.9. The zero-order valence-corrected chi connectivity index (χ0v) is 16.0.